The summed E-state index contributed by atoms with van der Waals surface area (Å²) in [5.74, 6) is 1.81. The molecule has 1 aromatic carbocycles. The normalized spacial score (nSPS) is 15.0. The number of likely N-dealkylation sites (tertiary alicyclic amines) is 1. The molecule has 0 aliphatic carbocycles. The van der Waals surface area contributed by atoms with Crippen molar-refractivity contribution in [1.82, 2.24) is 14.8 Å². The predicted molar refractivity (Wildman–Crippen MR) is 123 cm³/mol. The Kier molecular flexibility index (Phi) is 7.59. The monoisotopic (exact) mass is 441 g/mol. The molecule has 2 amide bonds. The number of benzene rings is 1. The Bertz CT molecular complexity index is 906. The highest BCUT2D eigenvalue weighted by Gasteiger charge is 2.26. The van der Waals surface area contributed by atoms with E-state index in [9.17, 15) is 9.59 Å². The van der Waals surface area contributed by atoms with Crippen molar-refractivity contribution in [3.8, 4) is 11.3 Å². The number of oxazole rings is 1. The van der Waals surface area contributed by atoms with Crippen LogP contribution in [-0.4, -0.2) is 59.1 Å². The molecule has 1 aromatic heterocycles. The maximum atomic E-state index is 12.7. The lowest BCUT2D eigenvalue weighted by Gasteiger charge is -2.34. The van der Waals surface area contributed by atoms with E-state index in [2.05, 4.69) is 4.98 Å². The second-order valence-electron chi connectivity index (χ2n) is 9.67. The van der Waals surface area contributed by atoms with Gasteiger partial charge in [0.2, 0.25) is 5.91 Å². The minimum Gasteiger partial charge on any atom is -0.444 e. The average molecular weight is 442 g/mol. The average Bonchev–Trinajstić information content (AvgIpc) is 3.21. The molecule has 0 atom stereocenters. The fraction of sp³-hybridized carbons (Fsp3) is 0.560. The summed E-state index contributed by atoms with van der Waals surface area (Å²) in [5.41, 5.74) is 1.68. The molecule has 7 nitrogen and oxygen atoms in total. The summed E-state index contributed by atoms with van der Waals surface area (Å²) in [7, 11) is 1.77. The highest BCUT2D eigenvalue weighted by Crippen LogP contribution is 2.23. The van der Waals surface area contributed by atoms with Gasteiger partial charge in [-0.25, -0.2) is 9.78 Å². The van der Waals surface area contributed by atoms with E-state index in [0.29, 0.717) is 44.3 Å². The van der Waals surface area contributed by atoms with Gasteiger partial charge in [-0.3, -0.25) is 4.79 Å². The number of piperidine rings is 1. The zero-order valence-electron chi connectivity index (χ0n) is 19.9. The van der Waals surface area contributed by atoms with Gasteiger partial charge in [0, 0.05) is 45.1 Å². The summed E-state index contributed by atoms with van der Waals surface area (Å²) in [6.07, 6.45) is 4.07. The predicted octanol–water partition coefficient (Wildman–Crippen LogP) is 4.69. The van der Waals surface area contributed by atoms with Gasteiger partial charge in [-0.05, 0) is 46.5 Å². The number of rotatable bonds is 6. The van der Waals surface area contributed by atoms with Gasteiger partial charge >= 0.3 is 6.09 Å². The molecular weight excluding hydrogens is 406 g/mol. The van der Waals surface area contributed by atoms with Crippen molar-refractivity contribution in [2.45, 2.75) is 59.0 Å². The van der Waals surface area contributed by atoms with Crippen molar-refractivity contribution in [1.29, 1.82) is 0 Å². The van der Waals surface area contributed by atoms with Crippen LogP contribution in [0.1, 0.15) is 51.5 Å². The molecule has 1 saturated heterocycles. The summed E-state index contributed by atoms with van der Waals surface area (Å²) >= 11 is 0. The van der Waals surface area contributed by atoms with Crippen LogP contribution >= 0.6 is 0 Å². The van der Waals surface area contributed by atoms with Crippen molar-refractivity contribution < 1.29 is 18.7 Å². The molecule has 0 radical (unpaired) electrons. The Balaban J connectivity index is 1.41. The van der Waals surface area contributed by atoms with E-state index in [-0.39, 0.29) is 12.0 Å². The quantitative estimate of drug-likeness (QED) is 0.650. The zero-order chi connectivity index (χ0) is 23.3. The van der Waals surface area contributed by atoms with E-state index < -0.39 is 5.60 Å². The van der Waals surface area contributed by atoms with Gasteiger partial charge < -0.3 is 19.0 Å². The van der Waals surface area contributed by atoms with Crippen LogP contribution in [0.15, 0.2) is 34.9 Å². The number of nitrogens with zero attached hydrogens (tertiary/aromatic N) is 3. The molecule has 174 valence electrons. The Morgan fingerprint density at radius 2 is 1.84 bits per heavy atom. The smallest absolute Gasteiger partial charge is 0.410 e. The van der Waals surface area contributed by atoms with Crippen LogP contribution in [-0.2, 0) is 16.0 Å². The fourth-order valence-corrected chi connectivity index (χ4v) is 3.82. The van der Waals surface area contributed by atoms with Crippen molar-refractivity contribution in [2.75, 3.05) is 26.7 Å². The third kappa shape index (κ3) is 6.84. The molecule has 1 aliphatic rings. The Labute approximate surface area is 190 Å². The van der Waals surface area contributed by atoms with Crippen molar-refractivity contribution in [2.24, 2.45) is 5.92 Å². The highest BCUT2D eigenvalue weighted by molar-refractivity contribution is 5.76. The SMILES string of the molecule is Cc1ccc(-c2cnc(CCC(=O)N3CCC(CN(C)C(=O)OC(C)(C)C)CC3)o2)cc1. The summed E-state index contributed by atoms with van der Waals surface area (Å²) in [6.45, 7) is 9.72. The molecule has 0 bridgehead atoms. The van der Waals surface area contributed by atoms with Gasteiger partial charge in [0.15, 0.2) is 11.7 Å². The van der Waals surface area contributed by atoms with Gasteiger partial charge in [0.1, 0.15) is 5.60 Å². The second-order valence-corrected chi connectivity index (χ2v) is 9.67. The van der Waals surface area contributed by atoms with Crippen LogP contribution < -0.4 is 0 Å². The van der Waals surface area contributed by atoms with E-state index in [1.165, 1.54) is 5.56 Å². The maximum Gasteiger partial charge on any atom is 0.410 e. The molecule has 1 aliphatic heterocycles. The molecule has 2 heterocycles. The second kappa shape index (κ2) is 10.2. The molecule has 3 rings (SSSR count). The van der Waals surface area contributed by atoms with Gasteiger partial charge in [-0.2, -0.15) is 0 Å². The minimum absolute atomic E-state index is 0.124. The molecule has 0 saturated carbocycles. The summed E-state index contributed by atoms with van der Waals surface area (Å²) in [5, 5.41) is 0. The molecule has 0 spiro atoms. The number of aryl methyl sites for hydroxylation is 2. The Hall–Kier alpha value is -2.83. The standard InChI is InChI=1S/C25H35N3O4/c1-18-6-8-20(9-7-18)21-16-26-22(31-21)10-11-23(29)28-14-12-19(13-15-28)17-27(5)24(30)32-25(2,3)4/h6-9,16,19H,10-15,17H2,1-5H3. The molecule has 2 aromatic rings. The van der Waals surface area contributed by atoms with Crippen LogP contribution in [0.2, 0.25) is 0 Å². The molecule has 1 fully saturated rings. The Morgan fingerprint density at radius 3 is 2.47 bits per heavy atom. The summed E-state index contributed by atoms with van der Waals surface area (Å²) in [4.78, 5) is 32.7. The zero-order valence-corrected chi connectivity index (χ0v) is 19.9. The Morgan fingerprint density at radius 1 is 1.19 bits per heavy atom. The van der Waals surface area contributed by atoms with Crippen LogP contribution in [0.3, 0.4) is 0 Å². The van der Waals surface area contributed by atoms with Crippen molar-refractivity contribution in [3.63, 3.8) is 0 Å². The van der Waals surface area contributed by atoms with Gasteiger partial charge in [0.25, 0.3) is 0 Å². The lowest BCUT2D eigenvalue weighted by molar-refractivity contribution is -0.132. The number of hydrogen-bond donors (Lipinski definition) is 0. The van der Waals surface area contributed by atoms with Crippen molar-refractivity contribution >= 4 is 12.0 Å². The maximum absolute atomic E-state index is 12.7. The number of amides is 2. The third-order valence-corrected chi connectivity index (χ3v) is 5.65. The first-order valence-electron chi connectivity index (χ1n) is 11.3. The largest absolute Gasteiger partial charge is 0.444 e. The highest BCUT2D eigenvalue weighted by atomic mass is 16.6. The van der Waals surface area contributed by atoms with Crippen molar-refractivity contribution in [3.05, 3.63) is 41.9 Å². The van der Waals surface area contributed by atoms with E-state index in [1.54, 1.807) is 18.1 Å². The van der Waals surface area contributed by atoms with E-state index >= 15 is 0 Å². The fourth-order valence-electron chi connectivity index (χ4n) is 3.82. The number of carbonyl (C=O) groups excluding carboxylic acids is 2. The van der Waals surface area contributed by atoms with Gasteiger partial charge in [-0.1, -0.05) is 29.8 Å². The number of carbonyl (C=O) groups is 2. The lowest BCUT2D eigenvalue weighted by Crippen LogP contribution is -2.43. The molecule has 0 N–H and O–H groups in total. The lowest BCUT2D eigenvalue weighted by atomic mass is 9.96. The number of hydrogen-bond acceptors (Lipinski definition) is 5. The molecule has 7 heteroatoms. The minimum atomic E-state index is -0.495. The summed E-state index contributed by atoms with van der Waals surface area (Å²) in [6, 6.07) is 8.09. The van der Waals surface area contributed by atoms with Crippen LogP contribution in [0.25, 0.3) is 11.3 Å². The number of ether oxygens (including phenoxy) is 1. The molecular formula is C25H35N3O4. The topological polar surface area (TPSA) is 75.9 Å². The number of aromatic nitrogens is 1. The first kappa shape index (κ1) is 23.8. The third-order valence-electron chi connectivity index (χ3n) is 5.65. The molecule has 32 heavy (non-hydrogen) atoms. The first-order chi connectivity index (χ1) is 15.1. The molecule has 0 unspecified atom stereocenters. The van der Waals surface area contributed by atoms with Gasteiger partial charge in [-0.15, -0.1) is 0 Å². The van der Waals surface area contributed by atoms with Crippen LogP contribution in [0.5, 0.6) is 0 Å². The van der Waals surface area contributed by atoms with E-state index in [1.807, 2.05) is 56.9 Å². The van der Waals surface area contributed by atoms with Gasteiger partial charge in [0.05, 0.1) is 6.20 Å². The summed E-state index contributed by atoms with van der Waals surface area (Å²) < 4.78 is 11.3. The van der Waals surface area contributed by atoms with E-state index in [4.69, 9.17) is 9.15 Å². The first-order valence-corrected chi connectivity index (χ1v) is 11.3. The van der Waals surface area contributed by atoms with Crippen LogP contribution in [0.4, 0.5) is 4.79 Å². The van der Waals surface area contributed by atoms with E-state index in [0.717, 1.165) is 24.2 Å². The van der Waals surface area contributed by atoms with Crippen LogP contribution in [0, 0.1) is 12.8 Å².